The molecule has 1 aromatic rings. The smallest absolute Gasteiger partial charge is 0.196 e. The number of hydrogen-bond donors (Lipinski definition) is 0. The zero-order valence-electron chi connectivity index (χ0n) is 6.93. The summed E-state index contributed by atoms with van der Waals surface area (Å²) >= 11 is 0. The standard InChI is InChI=1S/C8H13NO/c1-6-5-9(3)8(10-4)7(6)2/h5H,1-4H3. The molecule has 0 aliphatic carbocycles. The highest BCUT2D eigenvalue weighted by molar-refractivity contribution is 5.34. The molecule has 0 saturated carbocycles. The van der Waals surface area contributed by atoms with E-state index in [1.54, 1.807) is 7.11 Å². The fourth-order valence-electron chi connectivity index (χ4n) is 1.18. The number of rotatable bonds is 1. The van der Waals surface area contributed by atoms with Gasteiger partial charge >= 0.3 is 0 Å². The molecule has 0 aliphatic rings. The van der Waals surface area contributed by atoms with Crippen molar-refractivity contribution in [2.75, 3.05) is 7.11 Å². The summed E-state index contributed by atoms with van der Waals surface area (Å²) in [7, 11) is 3.68. The van der Waals surface area contributed by atoms with E-state index in [9.17, 15) is 0 Å². The third kappa shape index (κ3) is 0.897. The fourth-order valence-corrected chi connectivity index (χ4v) is 1.18. The molecule has 1 rings (SSSR count). The van der Waals surface area contributed by atoms with Crippen LogP contribution in [0.1, 0.15) is 11.1 Å². The summed E-state index contributed by atoms with van der Waals surface area (Å²) in [6.45, 7) is 4.14. The molecule has 2 heteroatoms. The third-order valence-corrected chi connectivity index (χ3v) is 1.81. The molecule has 10 heavy (non-hydrogen) atoms. The summed E-state index contributed by atoms with van der Waals surface area (Å²) in [5.74, 6) is 0.956. The lowest BCUT2D eigenvalue weighted by atomic mass is 10.2. The Labute approximate surface area is 61.4 Å². The molecule has 56 valence electrons. The van der Waals surface area contributed by atoms with Crippen LogP contribution in [0.3, 0.4) is 0 Å². The van der Waals surface area contributed by atoms with Crippen molar-refractivity contribution >= 4 is 0 Å². The maximum absolute atomic E-state index is 5.16. The van der Waals surface area contributed by atoms with Gasteiger partial charge in [-0.1, -0.05) is 0 Å². The number of ether oxygens (including phenoxy) is 1. The molecule has 0 fully saturated rings. The van der Waals surface area contributed by atoms with Crippen molar-refractivity contribution in [2.24, 2.45) is 7.05 Å². The van der Waals surface area contributed by atoms with Crippen LogP contribution in [-0.2, 0) is 7.05 Å². The van der Waals surface area contributed by atoms with Crippen molar-refractivity contribution in [3.05, 3.63) is 17.3 Å². The van der Waals surface area contributed by atoms with E-state index < -0.39 is 0 Å². The highest BCUT2D eigenvalue weighted by atomic mass is 16.5. The van der Waals surface area contributed by atoms with Crippen molar-refractivity contribution in [1.82, 2.24) is 4.57 Å². The summed E-state index contributed by atoms with van der Waals surface area (Å²) in [6.07, 6.45) is 2.06. The number of nitrogens with zero attached hydrogens (tertiary/aromatic N) is 1. The molecule has 1 aromatic heterocycles. The molecule has 0 saturated heterocycles. The molecule has 0 bridgehead atoms. The van der Waals surface area contributed by atoms with Gasteiger partial charge in [0.2, 0.25) is 0 Å². The van der Waals surface area contributed by atoms with Crippen LogP contribution in [0.15, 0.2) is 6.20 Å². The van der Waals surface area contributed by atoms with Crippen molar-refractivity contribution in [1.29, 1.82) is 0 Å². The van der Waals surface area contributed by atoms with E-state index in [0.717, 1.165) is 5.88 Å². The Morgan fingerprint density at radius 2 is 2.00 bits per heavy atom. The lowest BCUT2D eigenvalue weighted by Crippen LogP contribution is -1.92. The normalized spacial score (nSPS) is 10.0. The summed E-state index contributed by atoms with van der Waals surface area (Å²) in [4.78, 5) is 0. The maximum atomic E-state index is 5.16. The van der Waals surface area contributed by atoms with E-state index >= 15 is 0 Å². The number of methoxy groups -OCH3 is 1. The maximum Gasteiger partial charge on any atom is 0.196 e. The molecule has 0 N–H and O–H groups in total. The Morgan fingerprint density at radius 1 is 1.40 bits per heavy atom. The van der Waals surface area contributed by atoms with Gasteiger partial charge in [0.15, 0.2) is 5.88 Å². The van der Waals surface area contributed by atoms with E-state index in [1.807, 2.05) is 11.6 Å². The first-order valence-corrected chi connectivity index (χ1v) is 3.33. The van der Waals surface area contributed by atoms with Crippen LogP contribution in [0.2, 0.25) is 0 Å². The van der Waals surface area contributed by atoms with Gasteiger partial charge in [0.1, 0.15) is 0 Å². The SMILES string of the molecule is COc1c(C)c(C)cn1C. The van der Waals surface area contributed by atoms with Crippen LogP contribution >= 0.6 is 0 Å². The highest BCUT2D eigenvalue weighted by Crippen LogP contribution is 2.21. The Kier molecular flexibility index (Phi) is 1.70. The Bertz CT molecular complexity index is 238. The van der Waals surface area contributed by atoms with E-state index in [4.69, 9.17) is 4.74 Å². The summed E-state index contributed by atoms with van der Waals surface area (Å²) in [5, 5.41) is 0. The van der Waals surface area contributed by atoms with Crippen molar-refractivity contribution in [3.63, 3.8) is 0 Å². The highest BCUT2D eigenvalue weighted by Gasteiger charge is 2.05. The molecule has 0 aromatic carbocycles. The molecule has 0 aliphatic heterocycles. The van der Waals surface area contributed by atoms with Crippen molar-refractivity contribution in [3.8, 4) is 5.88 Å². The third-order valence-electron chi connectivity index (χ3n) is 1.81. The Hall–Kier alpha value is -0.920. The van der Waals surface area contributed by atoms with Gasteiger partial charge in [0.05, 0.1) is 7.11 Å². The van der Waals surface area contributed by atoms with Gasteiger partial charge in [-0.2, -0.15) is 0 Å². The first kappa shape index (κ1) is 7.19. The zero-order valence-corrected chi connectivity index (χ0v) is 6.93. The van der Waals surface area contributed by atoms with Gasteiger partial charge in [-0.25, -0.2) is 0 Å². The minimum Gasteiger partial charge on any atom is -0.482 e. The number of aromatic nitrogens is 1. The van der Waals surface area contributed by atoms with Gasteiger partial charge in [-0.05, 0) is 19.4 Å². The van der Waals surface area contributed by atoms with Crippen molar-refractivity contribution in [2.45, 2.75) is 13.8 Å². The van der Waals surface area contributed by atoms with Gasteiger partial charge in [-0.15, -0.1) is 0 Å². The lowest BCUT2D eigenvalue weighted by molar-refractivity contribution is 0.379. The molecule has 0 radical (unpaired) electrons. The second kappa shape index (κ2) is 2.37. The van der Waals surface area contributed by atoms with Gasteiger partial charge < -0.3 is 9.30 Å². The summed E-state index contributed by atoms with van der Waals surface area (Å²) < 4.78 is 7.15. The topological polar surface area (TPSA) is 14.2 Å². The van der Waals surface area contributed by atoms with Gasteiger partial charge in [0.25, 0.3) is 0 Å². The lowest BCUT2D eigenvalue weighted by Gasteiger charge is -2.01. The predicted octanol–water partition coefficient (Wildman–Crippen LogP) is 1.65. The molecule has 0 atom stereocenters. The van der Waals surface area contributed by atoms with E-state index in [2.05, 4.69) is 20.0 Å². The predicted molar refractivity (Wildman–Crippen MR) is 41.4 cm³/mol. The van der Waals surface area contributed by atoms with Gasteiger partial charge in [-0.3, -0.25) is 0 Å². The monoisotopic (exact) mass is 139 g/mol. The van der Waals surface area contributed by atoms with Crippen LogP contribution in [0.25, 0.3) is 0 Å². The molecule has 0 amide bonds. The second-order valence-corrected chi connectivity index (χ2v) is 2.56. The second-order valence-electron chi connectivity index (χ2n) is 2.56. The van der Waals surface area contributed by atoms with E-state index in [0.29, 0.717) is 0 Å². The van der Waals surface area contributed by atoms with Crippen LogP contribution in [0.5, 0.6) is 5.88 Å². The zero-order chi connectivity index (χ0) is 7.72. The number of hydrogen-bond acceptors (Lipinski definition) is 1. The number of aryl methyl sites for hydroxylation is 2. The minimum absolute atomic E-state index is 0.956. The van der Waals surface area contributed by atoms with Crippen LogP contribution < -0.4 is 4.74 Å². The molecule has 2 nitrogen and oxygen atoms in total. The molecular weight excluding hydrogens is 126 g/mol. The summed E-state index contributed by atoms with van der Waals surface area (Å²) in [6, 6.07) is 0. The van der Waals surface area contributed by atoms with Crippen LogP contribution in [-0.4, -0.2) is 11.7 Å². The average molecular weight is 139 g/mol. The Morgan fingerprint density at radius 3 is 2.20 bits per heavy atom. The summed E-state index contributed by atoms with van der Waals surface area (Å²) in [5.41, 5.74) is 2.50. The molecular formula is C8H13NO. The van der Waals surface area contributed by atoms with Crippen molar-refractivity contribution < 1.29 is 4.74 Å². The largest absolute Gasteiger partial charge is 0.482 e. The molecule has 0 spiro atoms. The Balaban J connectivity index is 3.20. The van der Waals surface area contributed by atoms with E-state index in [-0.39, 0.29) is 0 Å². The van der Waals surface area contributed by atoms with Crippen LogP contribution in [0.4, 0.5) is 0 Å². The average Bonchev–Trinajstić information content (AvgIpc) is 2.09. The van der Waals surface area contributed by atoms with E-state index in [1.165, 1.54) is 11.1 Å². The minimum atomic E-state index is 0.956. The molecule has 0 unspecified atom stereocenters. The molecule has 1 heterocycles. The van der Waals surface area contributed by atoms with Gasteiger partial charge in [0, 0.05) is 18.8 Å². The quantitative estimate of drug-likeness (QED) is 0.577. The van der Waals surface area contributed by atoms with Crippen LogP contribution in [0, 0.1) is 13.8 Å². The fraction of sp³-hybridized carbons (Fsp3) is 0.500. The first-order valence-electron chi connectivity index (χ1n) is 3.33. The first-order chi connectivity index (χ1) is 4.66.